The third kappa shape index (κ3) is 3.35. The van der Waals surface area contributed by atoms with Crippen molar-refractivity contribution in [1.29, 1.82) is 0 Å². The minimum absolute atomic E-state index is 0.00586. The van der Waals surface area contributed by atoms with Crippen LogP contribution in [0.25, 0.3) is 0 Å². The zero-order valence-electron chi connectivity index (χ0n) is 9.41. The molecule has 1 aromatic carbocycles. The van der Waals surface area contributed by atoms with Gasteiger partial charge >= 0.3 is 5.97 Å². The predicted molar refractivity (Wildman–Crippen MR) is 68.9 cm³/mol. The number of hydrogen-bond acceptors (Lipinski definition) is 3. The summed E-state index contributed by atoms with van der Waals surface area (Å²) in [4.78, 5) is 10.6. The van der Waals surface area contributed by atoms with Gasteiger partial charge < -0.3 is 5.11 Å². The fourth-order valence-electron chi connectivity index (χ4n) is 1.23. The van der Waals surface area contributed by atoms with Gasteiger partial charge in [0.25, 0.3) is 0 Å². The topological polar surface area (TPSA) is 83.5 Å². The first-order valence-corrected chi connectivity index (χ1v) is 7.25. The van der Waals surface area contributed by atoms with Crippen LogP contribution in [-0.2, 0) is 10.0 Å². The summed E-state index contributed by atoms with van der Waals surface area (Å²) in [6.45, 7) is 2.03. The van der Waals surface area contributed by atoms with Gasteiger partial charge in [-0.2, -0.15) is 0 Å². The van der Waals surface area contributed by atoms with Crippen LogP contribution < -0.4 is 4.72 Å². The molecule has 100 valence electrons. The lowest BCUT2D eigenvalue weighted by atomic mass is 10.2. The minimum atomic E-state index is -3.86. The Morgan fingerprint density at radius 1 is 1.39 bits per heavy atom. The summed E-state index contributed by atoms with van der Waals surface area (Å²) < 4.78 is 26.1. The van der Waals surface area contributed by atoms with E-state index in [1.807, 2.05) is 0 Å². The van der Waals surface area contributed by atoms with E-state index in [-0.39, 0.29) is 27.0 Å². The highest BCUT2D eigenvalue weighted by atomic mass is 35.5. The Bertz CT molecular complexity index is 571. The summed E-state index contributed by atoms with van der Waals surface area (Å²) in [6.07, 6.45) is 0.600. The molecule has 5 nitrogen and oxygen atoms in total. The molecule has 18 heavy (non-hydrogen) atoms. The second-order valence-electron chi connectivity index (χ2n) is 3.47. The molecule has 0 aromatic heterocycles. The van der Waals surface area contributed by atoms with Crippen molar-refractivity contribution >= 4 is 39.2 Å². The summed E-state index contributed by atoms with van der Waals surface area (Å²) in [5.74, 6) is -1.34. The Labute approximate surface area is 115 Å². The number of carboxylic acids is 1. The summed E-state index contributed by atoms with van der Waals surface area (Å²) in [7, 11) is -3.86. The molecule has 0 saturated carbocycles. The van der Waals surface area contributed by atoms with E-state index in [1.165, 1.54) is 0 Å². The molecular weight excluding hydrogens is 301 g/mol. The first-order chi connectivity index (χ1) is 8.29. The molecule has 1 aromatic rings. The van der Waals surface area contributed by atoms with Crippen molar-refractivity contribution in [2.75, 3.05) is 6.54 Å². The second kappa shape index (κ2) is 5.88. The van der Waals surface area contributed by atoms with E-state index < -0.39 is 16.0 Å². The fourth-order valence-corrected chi connectivity index (χ4v) is 3.26. The van der Waals surface area contributed by atoms with E-state index in [0.29, 0.717) is 6.42 Å². The van der Waals surface area contributed by atoms with Crippen LogP contribution >= 0.6 is 23.2 Å². The van der Waals surface area contributed by atoms with Crippen LogP contribution in [0.2, 0.25) is 10.0 Å². The van der Waals surface area contributed by atoms with Crippen molar-refractivity contribution in [3.05, 3.63) is 27.7 Å². The smallest absolute Gasteiger partial charge is 0.337 e. The van der Waals surface area contributed by atoms with Crippen molar-refractivity contribution in [2.24, 2.45) is 0 Å². The number of hydrogen-bond donors (Lipinski definition) is 2. The van der Waals surface area contributed by atoms with Crippen LogP contribution in [0.3, 0.4) is 0 Å². The van der Waals surface area contributed by atoms with Crippen molar-refractivity contribution in [3.63, 3.8) is 0 Å². The van der Waals surface area contributed by atoms with Crippen LogP contribution in [0.5, 0.6) is 0 Å². The van der Waals surface area contributed by atoms with E-state index in [1.54, 1.807) is 6.92 Å². The molecule has 0 aliphatic heterocycles. The maximum Gasteiger partial charge on any atom is 0.337 e. The highest BCUT2D eigenvalue weighted by Crippen LogP contribution is 2.29. The number of benzene rings is 1. The summed E-state index contributed by atoms with van der Waals surface area (Å²) >= 11 is 11.5. The number of carboxylic acid groups (broad SMARTS) is 1. The van der Waals surface area contributed by atoms with Gasteiger partial charge in [0.2, 0.25) is 10.0 Å². The summed E-state index contributed by atoms with van der Waals surface area (Å²) in [6, 6.07) is 2.22. The predicted octanol–water partition coefficient (Wildman–Crippen LogP) is 2.38. The van der Waals surface area contributed by atoms with E-state index in [4.69, 9.17) is 28.3 Å². The molecule has 1 rings (SSSR count). The van der Waals surface area contributed by atoms with E-state index in [2.05, 4.69) is 4.72 Å². The van der Waals surface area contributed by atoms with Gasteiger partial charge in [0.15, 0.2) is 0 Å². The largest absolute Gasteiger partial charge is 0.478 e. The molecule has 0 fully saturated rings. The molecule has 0 radical (unpaired) electrons. The van der Waals surface area contributed by atoms with Gasteiger partial charge in [-0.25, -0.2) is 17.9 Å². The molecule has 0 aliphatic carbocycles. The van der Waals surface area contributed by atoms with Gasteiger partial charge in [0.05, 0.1) is 10.6 Å². The lowest BCUT2D eigenvalue weighted by molar-refractivity contribution is 0.0697. The average molecular weight is 312 g/mol. The number of nitrogens with one attached hydrogen (secondary N) is 1. The maximum atomic E-state index is 11.9. The number of rotatable bonds is 5. The average Bonchev–Trinajstić information content (AvgIpc) is 2.28. The van der Waals surface area contributed by atoms with Crippen molar-refractivity contribution in [1.82, 2.24) is 4.72 Å². The van der Waals surface area contributed by atoms with Crippen LogP contribution in [0.4, 0.5) is 0 Å². The van der Waals surface area contributed by atoms with Gasteiger partial charge in [0, 0.05) is 11.6 Å². The van der Waals surface area contributed by atoms with E-state index in [0.717, 1.165) is 12.1 Å². The highest BCUT2D eigenvalue weighted by molar-refractivity contribution is 7.89. The van der Waals surface area contributed by atoms with E-state index >= 15 is 0 Å². The molecule has 0 heterocycles. The molecule has 2 N–H and O–H groups in total. The Morgan fingerprint density at radius 2 is 2.00 bits per heavy atom. The lowest BCUT2D eigenvalue weighted by Crippen LogP contribution is -2.25. The molecule has 0 amide bonds. The normalized spacial score (nSPS) is 11.5. The van der Waals surface area contributed by atoms with Crippen molar-refractivity contribution in [3.8, 4) is 0 Å². The van der Waals surface area contributed by atoms with Crippen LogP contribution in [-0.4, -0.2) is 26.0 Å². The van der Waals surface area contributed by atoms with Gasteiger partial charge in [-0.15, -0.1) is 0 Å². The third-order valence-corrected chi connectivity index (χ3v) is 4.29. The first kappa shape index (κ1) is 15.2. The Morgan fingerprint density at radius 3 is 2.50 bits per heavy atom. The zero-order valence-corrected chi connectivity index (χ0v) is 11.7. The first-order valence-electron chi connectivity index (χ1n) is 5.01. The van der Waals surface area contributed by atoms with Crippen LogP contribution in [0.1, 0.15) is 23.7 Å². The maximum absolute atomic E-state index is 11.9. The fraction of sp³-hybridized carbons (Fsp3) is 0.300. The quantitative estimate of drug-likeness (QED) is 0.874. The summed E-state index contributed by atoms with van der Waals surface area (Å²) in [5, 5.41) is 8.54. The Hall–Kier alpha value is -0.820. The number of halogens is 2. The molecule has 8 heteroatoms. The number of carbonyl (C=O) groups is 1. The number of sulfonamides is 1. The van der Waals surface area contributed by atoms with Gasteiger partial charge in [-0.05, 0) is 18.6 Å². The minimum Gasteiger partial charge on any atom is -0.478 e. The number of aromatic carboxylic acids is 1. The second-order valence-corrected chi connectivity index (χ2v) is 6.02. The van der Waals surface area contributed by atoms with Gasteiger partial charge in [-0.3, -0.25) is 0 Å². The van der Waals surface area contributed by atoms with Crippen LogP contribution in [0, 0.1) is 0 Å². The summed E-state index contributed by atoms with van der Waals surface area (Å²) in [5.41, 5.74) is -0.346. The van der Waals surface area contributed by atoms with Crippen molar-refractivity contribution in [2.45, 2.75) is 18.2 Å². The molecule has 0 bridgehead atoms. The SMILES string of the molecule is CCCNS(=O)(=O)c1cc(Cl)cc(C(=O)O)c1Cl. The Balaban J connectivity index is 3.37. The molecule has 0 unspecified atom stereocenters. The highest BCUT2D eigenvalue weighted by Gasteiger charge is 2.23. The van der Waals surface area contributed by atoms with Crippen LogP contribution in [0.15, 0.2) is 17.0 Å². The van der Waals surface area contributed by atoms with Gasteiger partial charge in [-0.1, -0.05) is 30.1 Å². The standard InChI is InChI=1S/C10H11Cl2NO4S/c1-2-3-13-18(16,17)8-5-6(11)4-7(9(8)12)10(14)15/h4-5,13H,2-3H2,1H3,(H,14,15). The molecule has 0 atom stereocenters. The van der Waals surface area contributed by atoms with Gasteiger partial charge in [0.1, 0.15) is 4.90 Å². The zero-order chi connectivity index (χ0) is 13.9. The monoisotopic (exact) mass is 311 g/mol. The third-order valence-electron chi connectivity index (χ3n) is 2.07. The molecule has 0 saturated heterocycles. The molecule has 0 spiro atoms. The molecule has 0 aliphatic rings. The Kier molecular flexibility index (Phi) is 4.98. The molecular formula is C10H11Cl2NO4S. The lowest BCUT2D eigenvalue weighted by Gasteiger charge is -2.10. The van der Waals surface area contributed by atoms with Crippen molar-refractivity contribution < 1.29 is 18.3 Å². The van der Waals surface area contributed by atoms with E-state index in [9.17, 15) is 13.2 Å².